The smallest absolute Gasteiger partial charge is 0.161 e. The first-order valence-corrected chi connectivity index (χ1v) is 10.7. The molecule has 28 heavy (non-hydrogen) atoms. The number of aliphatic hydroxyl groups is 1. The van der Waals surface area contributed by atoms with Crippen LogP contribution in [-0.4, -0.2) is 73.6 Å². The van der Waals surface area contributed by atoms with Crippen molar-refractivity contribution in [3.8, 4) is 11.5 Å². The van der Waals surface area contributed by atoms with Crippen molar-refractivity contribution in [3.05, 3.63) is 23.8 Å². The number of piperidine rings is 1. The molecule has 0 bridgehead atoms. The predicted octanol–water partition coefficient (Wildman–Crippen LogP) is 3.24. The number of likely N-dealkylation sites (tertiary alicyclic amines) is 2. The lowest BCUT2D eigenvalue weighted by Crippen LogP contribution is -2.36. The minimum absolute atomic E-state index is 0.260. The summed E-state index contributed by atoms with van der Waals surface area (Å²) < 4.78 is 24.7. The molecule has 0 aromatic heterocycles. The van der Waals surface area contributed by atoms with E-state index in [-0.39, 0.29) is 6.61 Å². The van der Waals surface area contributed by atoms with Gasteiger partial charge in [-0.05, 0) is 56.5 Å². The lowest BCUT2D eigenvalue weighted by Gasteiger charge is -2.28. The Morgan fingerprint density at radius 3 is 2.43 bits per heavy atom. The zero-order valence-electron chi connectivity index (χ0n) is 17.1. The highest BCUT2D eigenvalue weighted by Gasteiger charge is 2.19. The second-order valence-electron chi connectivity index (χ2n) is 8.12. The Morgan fingerprint density at radius 2 is 1.75 bits per heavy atom. The molecule has 2 aliphatic heterocycles. The third kappa shape index (κ3) is 6.61. The SMILES string of the molecule is COc1cc(CN2CCC(F)CC2)ccc1OC[C@@H](O)CN1CCCCCC1. The molecule has 0 aliphatic carbocycles. The van der Waals surface area contributed by atoms with E-state index in [2.05, 4.69) is 9.80 Å². The van der Waals surface area contributed by atoms with Crippen LogP contribution in [0.3, 0.4) is 0 Å². The highest BCUT2D eigenvalue weighted by molar-refractivity contribution is 5.43. The molecular formula is C22H35FN2O3. The summed E-state index contributed by atoms with van der Waals surface area (Å²) in [4.78, 5) is 4.61. The third-order valence-electron chi connectivity index (χ3n) is 5.75. The molecule has 0 saturated carbocycles. The zero-order chi connectivity index (χ0) is 19.8. The molecule has 6 heteroatoms. The number of nitrogens with zero attached hydrogens (tertiary/aromatic N) is 2. The van der Waals surface area contributed by atoms with Crippen LogP contribution in [0.15, 0.2) is 18.2 Å². The van der Waals surface area contributed by atoms with E-state index < -0.39 is 12.3 Å². The standard InChI is InChI=1S/C22H35FN2O3/c1-27-22-14-18(15-25-12-8-19(23)9-13-25)6-7-21(22)28-17-20(26)16-24-10-4-2-3-5-11-24/h6-7,14,19-20,26H,2-5,8-13,15-17H2,1H3/t20-/m0/s1. The lowest BCUT2D eigenvalue weighted by molar-refractivity contribution is 0.0683. The average Bonchev–Trinajstić information content (AvgIpc) is 2.97. The number of benzene rings is 1. The largest absolute Gasteiger partial charge is 0.493 e. The molecule has 1 aromatic carbocycles. The van der Waals surface area contributed by atoms with Crippen LogP contribution < -0.4 is 9.47 Å². The normalized spacial score (nSPS) is 21.2. The zero-order valence-corrected chi connectivity index (χ0v) is 17.1. The molecule has 0 unspecified atom stereocenters. The highest BCUT2D eigenvalue weighted by Crippen LogP contribution is 2.29. The number of β-amino-alcohol motifs (C(OH)–C–C–N with tert-alkyl or cyclic N) is 1. The number of methoxy groups -OCH3 is 1. The van der Waals surface area contributed by atoms with Crippen molar-refractivity contribution >= 4 is 0 Å². The van der Waals surface area contributed by atoms with Crippen LogP contribution in [0.2, 0.25) is 0 Å². The Hall–Kier alpha value is -1.37. The fourth-order valence-corrected chi connectivity index (χ4v) is 4.10. The maximum atomic E-state index is 13.3. The Balaban J connectivity index is 1.49. The maximum absolute atomic E-state index is 13.3. The summed E-state index contributed by atoms with van der Waals surface area (Å²) in [5.41, 5.74) is 1.13. The molecule has 2 aliphatic rings. The van der Waals surface area contributed by atoms with Gasteiger partial charge in [0.05, 0.1) is 7.11 Å². The summed E-state index contributed by atoms with van der Waals surface area (Å²) >= 11 is 0. The quantitative estimate of drug-likeness (QED) is 0.733. The minimum atomic E-state index is -0.651. The number of rotatable bonds is 8. The van der Waals surface area contributed by atoms with Gasteiger partial charge in [-0.25, -0.2) is 4.39 Å². The topological polar surface area (TPSA) is 45.2 Å². The fraction of sp³-hybridized carbons (Fsp3) is 0.727. The van der Waals surface area contributed by atoms with Crippen LogP contribution in [0.5, 0.6) is 11.5 Å². The fourth-order valence-electron chi connectivity index (χ4n) is 4.10. The molecule has 0 amide bonds. The van der Waals surface area contributed by atoms with Gasteiger partial charge < -0.3 is 19.5 Å². The lowest BCUT2D eigenvalue weighted by atomic mass is 10.1. The van der Waals surface area contributed by atoms with Gasteiger partial charge in [-0.3, -0.25) is 4.90 Å². The van der Waals surface area contributed by atoms with E-state index in [1.54, 1.807) is 7.11 Å². The Kier molecular flexibility index (Phi) is 8.37. The third-order valence-corrected chi connectivity index (χ3v) is 5.75. The molecule has 1 N–H and O–H groups in total. The molecule has 158 valence electrons. The van der Waals surface area contributed by atoms with E-state index in [9.17, 15) is 9.50 Å². The first-order chi connectivity index (χ1) is 13.6. The van der Waals surface area contributed by atoms with Gasteiger partial charge in [-0.2, -0.15) is 0 Å². The second-order valence-corrected chi connectivity index (χ2v) is 8.12. The molecule has 3 rings (SSSR count). The van der Waals surface area contributed by atoms with E-state index in [4.69, 9.17) is 9.47 Å². The summed E-state index contributed by atoms with van der Waals surface area (Å²) in [6, 6.07) is 5.92. The van der Waals surface area contributed by atoms with E-state index >= 15 is 0 Å². The van der Waals surface area contributed by atoms with Crippen molar-refractivity contribution in [2.45, 2.75) is 57.3 Å². The summed E-state index contributed by atoms with van der Waals surface area (Å²) in [6.07, 6.45) is 5.08. The molecule has 1 aromatic rings. The van der Waals surface area contributed by atoms with Crippen molar-refractivity contribution < 1.29 is 19.0 Å². The van der Waals surface area contributed by atoms with E-state index in [0.717, 1.165) is 38.3 Å². The van der Waals surface area contributed by atoms with Crippen LogP contribution in [0.4, 0.5) is 4.39 Å². The Morgan fingerprint density at radius 1 is 1.04 bits per heavy atom. The van der Waals surface area contributed by atoms with E-state index in [1.165, 1.54) is 25.7 Å². The van der Waals surface area contributed by atoms with Crippen LogP contribution in [0, 0.1) is 0 Å². The van der Waals surface area contributed by atoms with Crippen molar-refractivity contribution in [2.75, 3.05) is 46.4 Å². The van der Waals surface area contributed by atoms with Gasteiger partial charge >= 0.3 is 0 Å². The summed E-state index contributed by atoms with van der Waals surface area (Å²) in [7, 11) is 1.63. The maximum Gasteiger partial charge on any atom is 0.161 e. The van der Waals surface area contributed by atoms with E-state index in [0.29, 0.717) is 30.9 Å². The first-order valence-electron chi connectivity index (χ1n) is 10.7. The summed E-state index contributed by atoms with van der Waals surface area (Å²) in [6.45, 7) is 5.43. The number of aliphatic hydroxyl groups excluding tert-OH is 1. The number of hydrogen-bond donors (Lipinski definition) is 1. The summed E-state index contributed by atoms with van der Waals surface area (Å²) in [5, 5.41) is 10.4. The number of ether oxygens (including phenoxy) is 2. The molecule has 0 radical (unpaired) electrons. The van der Waals surface area contributed by atoms with Crippen LogP contribution >= 0.6 is 0 Å². The van der Waals surface area contributed by atoms with Crippen molar-refractivity contribution in [1.29, 1.82) is 0 Å². The first kappa shape index (κ1) is 21.3. The van der Waals surface area contributed by atoms with Crippen molar-refractivity contribution in [3.63, 3.8) is 0 Å². The highest BCUT2D eigenvalue weighted by atomic mass is 19.1. The molecular weight excluding hydrogens is 359 g/mol. The van der Waals surface area contributed by atoms with Crippen molar-refractivity contribution in [2.24, 2.45) is 0 Å². The Bertz CT molecular complexity index is 585. The van der Waals surface area contributed by atoms with Gasteiger partial charge in [0, 0.05) is 26.2 Å². The number of hydrogen-bond acceptors (Lipinski definition) is 5. The van der Waals surface area contributed by atoms with Gasteiger partial charge in [0.15, 0.2) is 11.5 Å². The predicted molar refractivity (Wildman–Crippen MR) is 109 cm³/mol. The molecule has 5 nitrogen and oxygen atoms in total. The van der Waals surface area contributed by atoms with Crippen LogP contribution in [-0.2, 0) is 6.54 Å². The van der Waals surface area contributed by atoms with Gasteiger partial charge in [-0.15, -0.1) is 0 Å². The van der Waals surface area contributed by atoms with Gasteiger partial charge in [0.1, 0.15) is 18.9 Å². The van der Waals surface area contributed by atoms with Gasteiger partial charge in [0.2, 0.25) is 0 Å². The van der Waals surface area contributed by atoms with E-state index in [1.807, 2.05) is 18.2 Å². The monoisotopic (exact) mass is 394 g/mol. The second kappa shape index (κ2) is 11.0. The number of halogens is 1. The average molecular weight is 395 g/mol. The van der Waals surface area contributed by atoms with Gasteiger partial charge in [-0.1, -0.05) is 18.9 Å². The minimum Gasteiger partial charge on any atom is -0.493 e. The van der Waals surface area contributed by atoms with Gasteiger partial charge in [0.25, 0.3) is 0 Å². The number of alkyl halides is 1. The van der Waals surface area contributed by atoms with Crippen LogP contribution in [0.1, 0.15) is 44.1 Å². The molecule has 1 atom stereocenters. The van der Waals surface area contributed by atoms with Crippen LogP contribution in [0.25, 0.3) is 0 Å². The summed E-state index contributed by atoms with van der Waals surface area (Å²) in [5.74, 6) is 1.34. The molecule has 2 heterocycles. The molecule has 2 saturated heterocycles. The molecule has 2 fully saturated rings. The Labute approximate surface area is 168 Å². The van der Waals surface area contributed by atoms with Crippen molar-refractivity contribution in [1.82, 2.24) is 9.80 Å². The molecule has 0 spiro atoms.